The molecule has 0 aliphatic carbocycles. The second-order valence-corrected chi connectivity index (χ2v) is 5.33. The van der Waals surface area contributed by atoms with E-state index in [1.807, 2.05) is 19.0 Å². The quantitative estimate of drug-likeness (QED) is 0.724. The minimum atomic E-state index is -0.796. The molecule has 1 unspecified atom stereocenters. The van der Waals surface area contributed by atoms with Crippen LogP contribution in [0.3, 0.4) is 0 Å². The van der Waals surface area contributed by atoms with Crippen LogP contribution in [-0.2, 0) is 6.54 Å². The van der Waals surface area contributed by atoms with Crippen LogP contribution >= 0.6 is 0 Å². The molecule has 2 N–H and O–H groups in total. The average molecular weight is 283 g/mol. The second kappa shape index (κ2) is 7.42. The molecule has 1 aromatic heterocycles. The van der Waals surface area contributed by atoms with E-state index in [9.17, 15) is 5.11 Å². The van der Waals surface area contributed by atoms with E-state index < -0.39 is 5.60 Å². The Bertz CT molecular complexity index is 422. The van der Waals surface area contributed by atoms with Gasteiger partial charge in [0.05, 0.1) is 25.5 Å². The van der Waals surface area contributed by atoms with E-state index in [0.717, 1.165) is 5.69 Å². The van der Waals surface area contributed by atoms with Gasteiger partial charge in [-0.1, -0.05) is 0 Å². The predicted molar refractivity (Wildman–Crippen MR) is 78.2 cm³/mol. The summed E-state index contributed by atoms with van der Waals surface area (Å²) in [6.45, 7) is 3.36. The summed E-state index contributed by atoms with van der Waals surface area (Å²) in [4.78, 5) is 6.23. The lowest BCUT2D eigenvalue weighted by Gasteiger charge is -2.27. The van der Waals surface area contributed by atoms with Crippen molar-refractivity contribution in [3.05, 3.63) is 18.0 Å². The van der Waals surface area contributed by atoms with Crippen molar-refractivity contribution >= 4 is 0 Å². The third-order valence-electron chi connectivity index (χ3n) is 2.82. The molecule has 0 fully saturated rings. The zero-order chi connectivity index (χ0) is 15.2. The van der Waals surface area contributed by atoms with Crippen LogP contribution in [-0.4, -0.2) is 62.0 Å². The molecule has 1 atom stereocenters. The second-order valence-electron chi connectivity index (χ2n) is 5.33. The number of nitrogens with zero attached hydrogens (tertiary/aromatic N) is 2. The maximum atomic E-state index is 10.2. The summed E-state index contributed by atoms with van der Waals surface area (Å²) in [5.41, 5.74) is -0.0391. The number of pyridine rings is 1. The van der Waals surface area contributed by atoms with E-state index in [1.54, 1.807) is 33.4 Å². The van der Waals surface area contributed by atoms with Crippen molar-refractivity contribution in [2.24, 2.45) is 0 Å². The lowest BCUT2D eigenvalue weighted by Crippen LogP contribution is -2.45. The van der Waals surface area contributed by atoms with Gasteiger partial charge in [-0.25, -0.2) is 0 Å². The molecular weight excluding hydrogens is 258 g/mol. The molecule has 6 heteroatoms. The van der Waals surface area contributed by atoms with Gasteiger partial charge in [0.25, 0.3) is 0 Å². The third-order valence-corrected chi connectivity index (χ3v) is 2.82. The van der Waals surface area contributed by atoms with Gasteiger partial charge < -0.3 is 24.8 Å². The SMILES string of the molecule is COc1ccnc(CNCC(C)(O)CN(C)C)c1OC. The van der Waals surface area contributed by atoms with Gasteiger partial charge in [-0.2, -0.15) is 0 Å². The van der Waals surface area contributed by atoms with Gasteiger partial charge in [0.2, 0.25) is 0 Å². The van der Waals surface area contributed by atoms with E-state index in [2.05, 4.69) is 10.3 Å². The number of likely N-dealkylation sites (N-methyl/N-ethyl adjacent to an activating group) is 1. The highest BCUT2D eigenvalue weighted by atomic mass is 16.5. The summed E-state index contributed by atoms with van der Waals surface area (Å²) in [5, 5.41) is 13.4. The summed E-state index contributed by atoms with van der Waals surface area (Å²) >= 11 is 0. The van der Waals surface area contributed by atoms with Crippen LogP contribution in [0.4, 0.5) is 0 Å². The van der Waals surface area contributed by atoms with Crippen LogP contribution in [0.2, 0.25) is 0 Å². The van der Waals surface area contributed by atoms with Gasteiger partial charge in [0.15, 0.2) is 11.5 Å². The first-order valence-electron chi connectivity index (χ1n) is 6.53. The van der Waals surface area contributed by atoms with Crippen LogP contribution in [0.15, 0.2) is 12.3 Å². The van der Waals surface area contributed by atoms with Crippen molar-refractivity contribution in [3.8, 4) is 11.5 Å². The van der Waals surface area contributed by atoms with Gasteiger partial charge in [0, 0.05) is 31.9 Å². The first-order chi connectivity index (χ1) is 9.39. The molecule has 0 radical (unpaired) electrons. The van der Waals surface area contributed by atoms with Gasteiger partial charge in [0.1, 0.15) is 0 Å². The van der Waals surface area contributed by atoms with E-state index in [1.165, 1.54) is 0 Å². The highest BCUT2D eigenvalue weighted by Gasteiger charge is 2.21. The first-order valence-corrected chi connectivity index (χ1v) is 6.53. The van der Waals surface area contributed by atoms with Gasteiger partial charge in [-0.05, 0) is 21.0 Å². The summed E-state index contributed by atoms with van der Waals surface area (Å²) in [6, 6.07) is 1.75. The van der Waals surface area contributed by atoms with E-state index in [4.69, 9.17) is 9.47 Å². The zero-order valence-electron chi connectivity index (χ0n) is 12.9. The molecule has 0 saturated heterocycles. The minimum Gasteiger partial charge on any atom is -0.493 e. The number of nitrogens with one attached hydrogen (secondary N) is 1. The predicted octanol–water partition coefficient (Wildman–Crippen LogP) is 0.501. The van der Waals surface area contributed by atoms with Crippen molar-refractivity contribution in [1.82, 2.24) is 15.2 Å². The molecule has 0 aromatic carbocycles. The number of hydrogen-bond donors (Lipinski definition) is 2. The van der Waals surface area contributed by atoms with Crippen molar-refractivity contribution in [2.75, 3.05) is 41.4 Å². The van der Waals surface area contributed by atoms with Crippen LogP contribution in [0.1, 0.15) is 12.6 Å². The third kappa shape index (κ3) is 4.96. The summed E-state index contributed by atoms with van der Waals surface area (Å²) < 4.78 is 10.5. The topological polar surface area (TPSA) is 66.8 Å². The fraction of sp³-hybridized carbons (Fsp3) is 0.643. The largest absolute Gasteiger partial charge is 0.493 e. The van der Waals surface area contributed by atoms with Crippen molar-refractivity contribution in [1.29, 1.82) is 0 Å². The Morgan fingerprint density at radius 1 is 1.35 bits per heavy atom. The molecule has 0 saturated carbocycles. The Balaban J connectivity index is 2.62. The monoisotopic (exact) mass is 283 g/mol. The molecule has 6 nitrogen and oxygen atoms in total. The Hall–Kier alpha value is -1.37. The lowest BCUT2D eigenvalue weighted by molar-refractivity contribution is 0.0335. The minimum absolute atomic E-state index is 0.466. The normalized spacial score (nSPS) is 14.2. The smallest absolute Gasteiger partial charge is 0.183 e. The summed E-state index contributed by atoms with van der Waals surface area (Å²) in [7, 11) is 7.05. The highest BCUT2D eigenvalue weighted by molar-refractivity contribution is 5.42. The number of aromatic nitrogens is 1. The molecule has 0 amide bonds. The fourth-order valence-corrected chi connectivity index (χ4v) is 2.16. The maximum Gasteiger partial charge on any atom is 0.183 e. The standard InChI is InChI=1S/C14H25N3O3/c1-14(18,10-17(2)3)9-15-8-11-13(20-5)12(19-4)6-7-16-11/h6-7,15,18H,8-10H2,1-5H3. The van der Waals surface area contributed by atoms with E-state index in [0.29, 0.717) is 31.1 Å². The average Bonchev–Trinajstić information content (AvgIpc) is 2.36. The molecule has 0 aliphatic rings. The Kier molecular flexibility index (Phi) is 6.19. The van der Waals surface area contributed by atoms with Crippen LogP contribution in [0, 0.1) is 0 Å². The van der Waals surface area contributed by atoms with Crippen molar-refractivity contribution in [3.63, 3.8) is 0 Å². The Labute approximate surface area is 120 Å². The van der Waals surface area contributed by atoms with Crippen molar-refractivity contribution in [2.45, 2.75) is 19.1 Å². The van der Waals surface area contributed by atoms with Crippen LogP contribution in [0.25, 0.3) is 0 Å². The number of ether oxygens (including phenoxy) is 2. The summed E-state index contributed by atoms with van der Waals surface area (Å²) in [6.07, 6.45) is 1.68. The number of rotatable bonds is 8. The number of methoxy groups -OCH3 is 2. The number of aliphatic hydroxyl groups is 1. The van der Waals surface area contributed by atoms with Crippen molar-refractivity contribution < 1.29 is 14.6 Å². The Morgan fingerprint density at radius 2 is 2.05 bits per heavy atom. The maximum absolute atomic E-state index is 10.2. The molecule has 0 spiro atoms. The van der Waals surface area contributed by atoms with Crippen LogP contribution in [0.5, 0.6) is 11.5 Å². The van der Waals surface area contributed by atoms with E-state index in [-0.39, 0.29) is 0 Å². The van der Waals surface area contributed by atoms with E-state index >= 15 is 0 Å². The molecule has 0 bridgehead atoms. The first kappa shape index (κ1) is 16.7. The van der Waals surface area contributed by atoms with Gasteiger partial charge >= 0.3 is 0 Å². The molecule has 0 aliphatic heterocycles. The fourth-order valence-electron chi connectivity index (χ4n) is 2.16. The molecule has 1 rings (SSSR count). The Morgan fingerprint density at radius 3 is 2.60 bits per heavy atom. The molecule has 114 valence electrons. The van der Waals surface area contributed by atoms with Gasteiger partial charge in [-0.15, -0.1) is 0 Å². The van der Waals surface area contributed by atoms with Gasteiger partial charge in [-0.3, -0.25) is 4.98 Å². The molecular formula is C14H25N3O3. The molecule has 1 aromatic rings. The zero-order valence-corrected chi connectivity index (χ0v) is 12.9. The molecule has 20 heavy (non-hydrogen) atoms. The lowest BCUT2D eigenvalue weighted by atomic mass is 10.1. The summed E-state index contributed by atoms with van der Waals surface area (Å²) in [5.74, 6) is 1.27. The molecule has 1 heterocycles. The van der Waals surface area contributed by atoms with Crippen LogP contribution < -0.4 is 14.8 Å². The highest BCUT2D eigenvalue weighted by Crippen LogP contribution is 2.28. The number of hydrogen-bond acceptors (Lipinski definition) is 6.